The van der Waals surface area contributed by atoms with E-state index >= 15 is 0 Å². The Labute approximate surface area is 200 Å². The van der Waals surface area contributed by atoms with Gasteiger partial charge in [-0.25, -0.2) is 9.98 Å². The van der Waals surface area contributed by atoms with Gasteiger partial charge < -0.3 is 31.1 Å². The number of quaternary nitrogens is 1. The van der Waals surface area contributed by atoms with Gasteiger partial charge in [-0.3, -0.25) is 19.8 Å². The molecule has 13 nitrogen and oxygen atoms in total. The fourth-order valence-corrected chi connectivity index (χ4v) is 5.96. The molecule has 5 heterocycles. The maximum Gasteiger partial charge on any atom is 0.276 e. The van der Waals surface area contributed by atoms with Crippen LogP contribution in [0.2, 0.25) is 0 Å². The van der Waals surface area contributed by atoms with Gasteiger partial charge in [0.25, 0.3) is 11.8 Å². The second kappa shape index (κ2) is 8.58. The van der Waals surface area contributed by atoms with E-state index < -0.39 is 34.9 Å². The number of allylic oxidation sites excluding steroid dienone is 2. The van der Waals surface area contributed by atoms with Crippen LogP contribution in [0.1, 0.15) is 5.69 Å². The normalized spacial score (nSPS) is 23.8. The molecule has 2 atom stereocenters. The lowest BCUT2D eigenvalue weighted by Crippen LogP contribution is -2.80. The van der Waals surface area contributed by atoms with Crippen molar-refractivity contribution in [3.63, 3.8) is 0 Å². The first-order valence-electron chi connectivity index (χ1n) is 10.0. The Morgan fingerprint density at radius 2 is 2.26 bits per heavy atom. The Bertz CT molecular complexity index is 1250. The summed E-state index contributed by atoms with van der Waals surface area (Å²) in [6.07, 6.45) is 5.59. The van der Waals surface area contributed by atoms with Crippen molar-refractivity contribution in [2.45, 2.75) is 11.4 Å². The van der Waals surface area contributed by atoms with E-state index in [-0.39, 0.29) is 23.1 Å². The van der Waals surface area contributed by atoms with Gasteiger partial charge in [-0.15, -0.1) is 23.1 Å². The molecule has 1 unspecified atom stereocenters. The Balaban J connectivity index is 1.33. The molecule has 0 spiro atoms. The van der Waals surface area contributed by atoms with E-state index in [4.69, 9.17) is 5.73 Å². The molecule has 0 radical (unpaired) electrons. The number of carbonyl (C=O) groups excluding carboxylic acids is 3. The number of amides is 2. The number of fused-ring (bicyclic) bond motifs is 2. The summed E-state index contributed by atoms with van der Waals surface area (Å²) in [5.74, 6) is -1.83. The smallest absolute Gasteiger partial charge is 0.276 e. The molecular weight excluding hydrogens is 484 g/mol. The van der Waals surface area contributed by atoms with Gasteiger partial charge in [0.15, 0.2) is 29.0 Å². The van der Waals surface area contributed by atoms with Crippen LogP contribution in [0.3, 0.4) is 0 Å². The summed E-state index contributed by atoms with van der Waals surface area (Å²) in [6.45, 7) is 0.790. The lowest BCUT2D eigenvalue weighted by atomic mass is 10.0. The van der Waals surface area contributed by atoms with E-state index in [1.165, 1.54) is 17.1 Å². The number of nitrogens with one attached hydrogen (secondary N) is 1. The number of aliphatic imine (C=N–C) groups is 1. The van der Waals surface area contributed by atoms with Crippen molar-refractivity contribution in [3.8, 4) is 0 Å². The minimum atomic E-state index is -1.47. The van der Waals surface area contributed by atoms with Gasteiger partial charge in [-0.2, -0.15) is 0 Å². The number of amidine groups is 1. The predicted molar refractivity (Wildman–Crippen MR) is 120 cm³/mol. The van der Waals surface area contributed by atoms with Gasteiger partial charge >= 0.3 is 0 Å². The summed E-state index contributed by atoms with van der Waals surface area (Å²) >= 11 is 2.38. The molecule has 1 aromatic heterocycles. The van der Waals surface area contributed by atoms with Gasteiger partial charge in [0.1, 0.15) is 17.1 Å². The Morgan fingerprint density at radius 3 is 2.97 bits per heavy atom. The van der Waals surface area contributed by atoms with Crippen molar-refractivity contribution < 1.29 is 30.0 Å². The summed E-state index contributed by atoms with van der Waals surface area (Å²) in [5, 5.41) is 29.7. The summed E-state index contributed by atoms with van der Waals surface area (Å²) in [4.78, 5) is 48.8. The van der Waals surface area contributed by atoms with Crippen LogP contribution in [0.5, 0.6) is 0 Å². The number of anilines is 1. The van der Waals surface area contributed by atoms with Gasteiger partial charge in [0.2, 0.25) is 0 Å². The summed E-state index contributed by atoms with van der Waals surface area (Å²) in [6, 6.07) is -1.00. The minimum Gasteiger partial charge on any atom is -0.543 e. The third-order valence-electron chi connectivity index (χ3n) is 5.59. The highest BCUT2D eigenvalue weighted by atomic mass is 32.2. The number of hydrogen-bond acceptors (Lipinski definition) is 12. The zero-order valence-electron chi connectivity index (χ0n) is 17.4. The van der Waals surface area contributed by atoms with Gasteiger partial charge in [0.05, 0.1) is 11.7 Å². The van der Waals surface area contributed by atoms with Crippen LogP contribution in [0.4, 0.5) is 5.13 Å². The molecule has 176 valence electrons. The molecule has 0 saturated carbocycles. The number of nitrogens with zero attached hydrogens (tertiary/aromatic N) is 5. The van der Waals surface area contributed by atoms with E-state index in [1.54, 1.807) is 6.20 Å². The van der Waals surface area contributed by atoms with Crippen LogP contribution in [-0.4, -0.2) is 79.7 Å². The predicted octanol–water partition coefficient (Wildman–Crippen LogP) is -3.05. The third kappa shape index (κ3) is 3.63. The first kappa shape index (κ1) is 22.1. The molecule has 0 aromatic carbocycles. The number of carboxylic acid groups (broad SMARTS) is 1. The average Bonchev–Trinajstić information content (AvgIpc) is 3.47. The molecule has 1 fully saturated rings. The van der Waals surface area contributed by atoms with Crippen LogP contribution in [0.15, 0.2) is 50.8 Å². The van der Waals surface area contributed by atoms with Gasteiger partial charge in [0, 0.05) is 30.0 Å². The number of thioether (sulfide) groups is 1. The molecule has 1 aromatic rings. The minimum absolute atomic E-state index is 0.0649. The van der Waals surface area contributed by atoms with E-state index in [9.17, 15) is 24.7 Å². The SMILES string of the molecule is Nc1nc(C(=NO)C(=O)NC2C(=O)N3C(C(=O)[O-])=C(CN4C=CC=C5[NH2+]CN=C54)CS[C@H]23)cs1. The quantitative estimate of drug-likeness (QED) is 0.135. The molecule has 4 aliphatic heterocycles. The maximum absolute atomic E-state index is 12.9. The Hall–Kier alpha value is -3.69. The number of nitrogen functional groups attached to an aromatic ring is 1. The molecule has 4 aliphatic rings. The number of nitrogens with two attached hydrogens (primary N) is 2. The van der Waals surface area contributed by atoms with Crippen LogP contribution in [0.25, 0.3) is 0 Å². The molecule has 6 N–H and O–H groups in total. The molecule has 0 bridgehead atoms. The van der Waals surface area contributed by atoms with Gasteiger partial charge in [-0.05, 0) is 11.6 Å². The highest BCUT2D eigenvalue weighted by Crippen LogP contribution is 2.40. The van der Waals surface area contributed by atoms with E-state index in [2.05, 4.69) is 20.4 Å². The highest BCUT2D eigenvalue weighted by Gasteiger charge is 2.53. The molecule has 0 aliphatic carbocycles. The van der Waals surface area contributed by atoms with Crippen LogP contribution >= 0.6 is 23.1 Å². The zero-order chi connectivity index (χ0) is 24.0. The van der Waals surface area contributed by atoms with Crippen molar-refractivity contribution >= 4 is 57.6 Å². The summed E-state index contributed by atoms with van der Waals surface area (Å²) in [5.41, 5.74) is 6.50. The fourth-order valence-electron chi connectivity index (χ4n) is 4.08. The maximum atomic E-state index is 12.9. The Kier molecular flexibility index (Phi) is 5.59. The average molecular weight is 503 g/mol. The lowest BCUT2D eigenvalue weighted by molar-refractivity contribution is -0.590. The molecule has 34 heavy (non-hydrogen) atoms. The fraction of sp³-hybridized carbons (Fsp3) is 0.263. The van der Waals surface area contributed by atoms with Crippen LogP contribution < -0.4 is 21.5 Å². The van der Waals surface area contributed by atoms with Crippen molar-refractivity contribution in [3.05, 3.63) is 46.4 Å². The summed E-state index contributed by atoms with van der Waals surface area (Å²) < 4.78 is 0. The molecule has 1 saturated heterocycles. The topological polar surface area (TPSA) is 193 Å². The van der Waals surface area contributed by atoms with Crippen molar-refractivity contribution in [2.24, 2.45) is 10.1 Å². The van der Waals surface area contributed by atoms with Crippen LogP contribution in [-0.2, 0) is 14.4 Å². The van der Waals surface area contributed by atoms with Crippen molar-refractivity contribution in [1.82, 2.24) is 20.1 Å². The molecule has 15 heteroatoms. The van der Waals surface area contributed by atoms with Crippen molar-refractivity contribution in [2.75, 3.05) is 24.7 Å². The van der Waals surface area contributed by atoms with Crippen molar-refractivity contribution in [1.29, 1.82) is 0 Å². The monoisotopic (exact) mass is 502 g/mol. The molecule has 5 rings (SSSR count). The van der Waals surface area contributed by atoms with E-state index in [0.29, 0.717) is 18.0 Å². The number of hydrogen-bond donors (Lipinski definition) is 4. The summed E-state index contributed by atoms with van der Waals surface area (Å²) in [7, 11) is 0. The lowest BCUT2D eigenvalue weighted by Gasteiger charge is -2.51. The Morgan fingerprint density at radius 1 is 1.44 bits per heavy atom. The number of oxime groups is 1. The highest BCUT2D eigenvalue weighted by molar-refractivity contribution is 8.00. The first-order valence-corrected chi connectivity index (χ1v) is 12.0. The van der Waals surface area contributed by atoms with Crippen LogP contribution in [0, 0.1) is 0 Å². The number of thiazole rings is 1. The number of aliphatic carboxylic acids is 1. The standard InChI is InChI=1S/C19H18N8O5S2/c20-19-23-10(6-34-19)11(25-32)15(28)24-12-16(29)27-13(18(30)31)8(5-33-17(12)27)4-26-3-1-2-9-14(26)22-7-21-9/h1-3,6,12,17,21,32H,4-5,7H2,(H2,20,23)(H,24,28)(H,30,31)/t12?,17-/m1/s1. The van der Waals surface area contributed by atoms with E-state index in [1.807, 2.05) is 22.4 Å². The number of carboxylic acids is 1. The second-order valence-corrected chi connectivity index (χ2v) is 9.57. The van der Waals surface area contributed by atoms with Gasteiger partial charge in [-0.1, -0.05) is 5.16 Å². The largest absolute Gasteiger partial charge is 0.543 e. The number of β-lactam (4-membered cyclic amide) rings is 1. The molecule has 2 amide bonds. The second-order valence-electron chi connectivity index (χ2n) is 7.58. The zero-order valence-corrected chi connectivity index (χ0v) is 19.0. The number of aromatic nitrogens is 1. The van der Waals surface area contributed by atoms with E-state index in [0.717, 1.165) is 27.8 Å². The molecular formula is C19H18N8O5S2. The third-order valence-corrected chi connectivity index (χ3v) is 7.61. The number of carbonyl (C=O) groups is 3. The first-order chi connectivity index (χ1) is 16.4. The number of rotatable bonds is 6.